The number of nitrogens with zero attached hydrogens (tertiary/aromatic N) is 1. The predicted molar refractivity (Wildman–Crippen MR) is 74.3 cm³/mol. The van der Waals surface area contributed by atoms with Crippen LogP contribution in [0.25, 0.3) is 0 Å². The lowest BCUT2D eigenvalue weighted by atomic mass is 9.94. The van der Waals surface area contributed by atoms with Crippen LogP contribution in [-0.2, 0) is 15.0 Å². The number of carbonyl (C=O) groups is 2. The molecule has 0 bridgehead atoms. The molecule has 4 nitrogen and oxygen atoms in total. The molecule has 1 unspecified atom stereocenters. The molecule has 1 atom stereocenters. The highest BCUT2D eigenvalue weighted by atomic mass is 16.4. The largest absolute Gasteiger partial charge is 0.481 e. The van der Waals surface area contributed by atoms with Crippen molar-refractivity contribution in [2.45, 2.75) is 31.1 Å². The lowest BCUT2D eigenvalue weighted by Crippen LogP contribution is -2.37. The Balaban J connectivity index is 1.70. The number of carbonyl (C=O) groups excluding carboxylic acids is 1. The number of likely N-dealkylation sites (tertiary alicyclic amines) is 1. The highest BCUT2D eigenvalue weighted by Gasteiger charge is 2.53. The Hall–Kier alpha value is -1.84. The topological polar surface area (TPSA) is 57.6 Å². The van der Waals surface area contributed by atoms with Crippen molar-refractivity contribution in [1.82, 2.24) is 4.90 Å². The number of carboxylic acids is 1. The van der Waals surface area contributed by atoms with Gasteiger partial charge in [-0.05, 0) is 30.7 Å². The van der Waals surface area contributed by atoms with E-state index in [0.717, 1.165) is 24.8 Å². The molecule has 0 spiro atoms. The van der Waals surface area contributed by atoms with Gasteiger partial charge in [0.2, 0.25) is 5.91 Å². The standard InChI is InChI=1S/C16H19NO3/c18-14(19)10-12-6-9-17(11-12)15(20)16(7-8-16)13-4-2-1-3-5-13/h1-5,12H,6-11H2,(H,18,19). The minimum absolute atomic E-state index is 0.114. The van der Waals surface area contributed by atoms with E-state index in [9.17, 15) is 9.59 Å². The summed E-state index contributed by atoms with van der Waals surface area (Å²) in [5.74, 6) is -0.465. The molecular weight excluding hydrogens is 254 g/mol. The van der Waals surface area contributed by atoms with Crippen LogP contribution in [0.4, 0.5) is 0 Å². The Morgan fingerprint density at radius 2 is 1.95 bits per heavy atom. The zero-order chi connectivity index (χ0) is 14.2. The monoisotopic (exact) mass is 273 g/mol. The van der Waals surface area contributed by atoms with Gasteiger partial charge in [0, 0.05) is 19.5 Å². The SMILES string of the molecule is O=C(O)CC1CCN(C(=O)C2(c3ccccc3)CC2)C1. The number of benzene rings is 1. The van der Waals surface area contributed by atoms with Crippen LogP contribution in [0.3, 0.4) is 0 Å². The smallest absolute Gasteiger partial charge is 0.303 e. The van der Waals surface area contributed by atoms with E-state index >= 15 is 0 Å². The van der Waals surface area contributed by atoms with Gasteiger partial charge >= 0.3 is 5.97 Å². The second kappa shape index (κ2) is 4.93. The van der Waals surface area contributed by atoms with Gasteiger partial charge in [-0.2, -0.15) is 0 Å². The van der Waals surface area contributed by atoms with Gasteiger partial charge in [0.25, 0.3) is 0 Å². The maximum atomic E-state index is 12.7. The van der Waals surface area contributed by atoms with Crippen LogP contribution in [0.2, 0.25) is 0 Å². The Bertz CT molecular complexity index is 522. The molecule has 0 radical (unpaired) electrons. The number of rotatable bonds is 4. The van der Waals surface area contributed by atoms with E-state index in [1.54, 1.807) is 0 Å². The first-order valence-electron chi connectivity index (χ1n) is 7.18. The van der Waals surface area contributed by atoms with Crippen LogP contribution in [0, 0.1) is 5.92 Å². The van der Waals surface area contributed by atoms with Gasteiger partial charge in [-0.25, -0.2) is 0 Å². The quantitative estimate of drug-likeness (QED) is 0.913. The Labute approximate surface area is 118 Å². The zero-order valence-corrected chi connectivity index (χ0v) is 11.4. The van der Waals surface area contributed by atoms with Crippen LogP contribution in [0.5, 0.6) is 0 Å². The minimum Gasteiger partial charge on any atom is -0.481 e. The van der Waals surface area contributed by atoms with Crippen LogP contribution in [-0.4, -0.2) is 35.0 Å². The summed E-state index contributed by atoms with van der Waals surface area (Å²) in [7, 11) is 0. The molecule has 20 heavy (non-hydrogen) atoms. The number of amides is 1. The summed E-state index contributed by atoms with van der Waals surface area (Å²) in [6, 6.07) is 9.95. The second-order valence-electron chi connectivity index (χ2n) is 5.95. The molecule has 1 saturated carbocycles. The van der Waals surface area contributed by atoms with Gasteiger partial charge in [-0.15, -0.1) is 0 Å². The highest BCUT2D eigenvalue weighted by molar-refractivity contribution is 5.91. The maximum Gasteiger partial charge on any atom is 0.303 e. The summed E-state index contributed by atoms with van der Waals surface area (Å²) in [4.78, 5) is 25.4. The van der Waals surface area contributed by atoms with Crippen LogP contribution < -0.4 is 0 Å². The molecule has 1 N–H and O–H groups in total. The van der Waals surface area contributed by atoms with E-state index in [0.29, 0.717) is 13.1 Å². The summed E-state index contributed by atoms with van der Waals surface area (Å²) < 4.78 is 0. The fourth-order valence-corrected chi connectivity index (χ4v) is 3.24. The van der Waals surface area contributed by atoms with Crippen LogP contribution >= 0.6 is 0 Å². The second-order valence-corrected chi connectivity index (χ2v) is 5.95. The number of carboxylic acid groups (broad SMARTS) is 1. The molecule has 1 aromatic rings. The number of aliphatic carboxylic acids is 1. The summed E-state index contributed by atoms with van der Waals surface area (Å²) in [6.07, 6.45) is 2.80. The van der Waals surface area contributed by atoms with E-state index in [2.05, 4.69) is 0 Å². The van der Waals surface area contributed by atoms with Crippen LogP contribution in [0.1, 0.15) is 31.2 Å². The third-order valence-electron chi connectivity index (χ3n) is 4.52. The molecule has 1 heterocycles. The van der Waals surface area contributed by atoms with E-state index in [1.165, 1.54) is 0 Å². The molecule has 3 rings (SSSR count). The average molecular weight is 273 g/mol. The molecule has 1 amide bonds. The van der Waals surface area contributed by atoms with Crippen LogP contribution in [0.15, 0.2) is 30.3 Å². The Morgan fingerprint density at radius 1 is 1.25 bits per heavy atom. The first kappa shape index (κ1) is 13.2. The van der Waals surface area contributed by atoms with Crippen molar-refractivity contribution < 1.29 is 14.7 Å². The maximum absolute atomic E-state index is 12.7. The zero-order valence-electron chi connectivity index (χ0n) is 11.4. The van der Waals surface area contributed by atoms with Crippen molar-refractivity contribution >= 4 is 11.9 Å². The summed E-state index contributed by atoms with van der Waals surface area (Å²) >= 11 is 0. The highest BCUT2D eigenvalue weighted by Crippen LogP contribution is 2.50. The third-order valence-corrected chi connectivity index (χ3v) is 4.52. The van der Waals surface area contributed by atoms with Gasteiger partial charge in [-0.1, -0.05) is 30.3 Å². The van der Waals surface area contributed by atoms with Crippen molar-refractivity contribution in [2.75, 3.05) is 13.1 Å². The molecule has 1 aromatic carbocycles. The Morgan fingerprint density at radius 3 is 2.55 bits per heavy atom. The first-order chi connectivity index (χ1) is 9.62. The molecule has 2 fully saturated rings. The molecular formula is C16H19NO3. The first-order valence-corrected chi connectivity index (χ1v) is 7.18. The molecule has 1 saturated heterocycles. The van der Waals surface area contributed by atoms with Crippen molar-refractivity contribution in [3.05, 3.63) is 35.9 Å². The fraction of sp³-hybridized carbons (Fsp3) is 0.500. The summed E-state index contributed by atoms with van der Waals surface area (Å²) in [6.45, 7) is 1.30. The van der Waals surface area contributed by atoms with Gasteiger partial charge in [0.05, 0.1) is 5.41 Å². The fourth-order valence-electron chi connectivity index (χ4n) is 3.24. The summed E-state index contributed by atoms with van der Waals surface area (Å²) in [5.41, 5.74) is 0.783. The molecule has 2 aliphatic rings. The molecule has 106 valence electrons. The molecule has 0 aromatic heterocycles. The number of hydrogen-bond acceptors (Lipinski definition) is 2. The van der Waals surface area contributed by atoms with E-state index in [-0.39, 0.29) is 23.7 Å². The van der Waals surface area contributed by atoms with Crippen molar-refractivity contribution in [3.8, 4) is 0 Å². The van der Waals surface area contributed by atoms with Crippen molar-refractivity contribution in [1.29, 1.82) is 0 Å². The van der Waals surface area contributed by atoms with Crippen molar-refractivity contribution in [3.63, 3.8) is 0 Å². The van der Waals surface area contributed by atoms with Crippen molar-refractivity contribution in [2.24, 2.45) is 5.92 Å². The number of hydrogen-bond donors (Lipinski definition) is 1. The summed E-state index contributed by atoms with van der Waals surface area (Å²) in [5, 5.41) is 8.85. The minimum atomic E-state index is -0.770. The van der Waals surface area contributed by atoms with Gasteiger partial charge in [0.1, 0.15) is 0 Å². The van der Waals surface area contributed by atoms with E-state index in [4.69, 9.17) is 5.11 Å². The Kier molecular flexibility index (Phi) is 3.24. The molecule has 1 aliphatic heterocycles. The average Bonchev–Trinajstić information content (AvgIpc) is 3.13. The molecule has 4 heteroatoms. The third kappa shape index (κ3) is 2.30. The van der Waals surface area contributed by atoms with Gasteiger partial charge < -0.3 is 10.0 Å². The van der Waals surface area contributed by atoms with E-state index < -0.39 is 5.97 Å². The normalized spacial score (nSPS) is 23.6. The van der Waals surface area contributed by atoms with Gasteiger partial charge in [-0.3, -0.25) is 9.59 Å². The van der Waals surface area contributed by atoms with Gasteiger partial charge in [0.15, 0.2) is 0 Å². The van der Waals surface area contributed by atoms with E-state index in [1.807, 2.05) is 35.2 Å². The lowest BCUT2D eigenvalue weighted by Gasteiger charge is -2.23. The predicted octanol–water partition coefficient (Wildman–Crippen LogP) is 2.04. The lowest BCUT2D eigenvalue weighted by molar-refractivity contribution is -0.138. The molecule has 1 aliphatic carbocycles.